The van der Waals surface area contributed by atoms with E-state index in [-0.39, 0.29) is 11.9 Å². The topological polar surface area (TPSA) is 42.2 Å². The highest BCUT2D eigenvalue weighted by atomic mass is 16.3. The van der Waals surface area contributed by atoms with Crippen molar-refractivity contribution in [3.8, 4) is 0 Å². The highest BCUT2D eigenvalue weighted by Gasteiger charge is 2.11. The number of nitrogens with one attached hydrogen (secondary N) is 1. The van der Waals surface area contributed by atoms with Crippen LogP contribution in [0.15, 0.2) is 22.8 Å². The molecule has 1 atom stereocenters. The third kappa shape index (κ3) is 2.12. The van der Waals surface area contributed by atoms with Crippen LogP contribution in [0.1, 0.15) is 32.1 Å². The van der Waals surface area contributed by atoms with Crippen molar-refractivity contribution < 1.29 is 9.21 Å². The van der Waals surface area contributed by atoms with Crippen molar-refractivity contribution in [1.29, 1.82) is 0 Å². The van der Waals surface area contributed by atoms with Gasteiger partial charge in [0.15, 0.2) is 0 Å². The predicted molar refractivity (Wildman–Crippen MR) is 45.6 cm³/mol. The lowest BCUT2D eigenvalue weighted by Gasteiger charge is -2.12. The fourth-order valence-electron chi connectivity index (χ4n) is 1.11. The molecule has 1 aromatic rings. The third-order valence-corrected chi connectivity index (χ3v) is 1.67. The minimum Gasteiger partial charge on any atom is -0.467 e. The van der Waals surface area contributed by atoms with Gasteiger partial charge in [-0.1, -0.05) is 6.92 Å². The Morgan fingerprint density at radius 3 is 2.92 bits per heavy atom. The predicted octanol–water partition coefficient (Wildman–Crippen LogP) is 1.87. The molecular weight excluding hydrogens is 154 g/mol. The molecule has 0 aromatic carbocycles. The van der Waals surface area contributed by atoms with E-state index in [2.05, 4.69) is 5.32 Å². The average Bonchev–Trinajstić information content (AvgIpc) is 2.51. The lowest BCUT2D eigenvalue weighted by atomic mass is 10.2. The first-order valence-electron chi connectivity index (χ1n) is 4.04. The van der Waals surface area contributed by atoms with Crippen LogP contribution in [0.2, 0.25) is 0 Å². The van der Waals surface area contributed by atoms with Gasteiger partial charge >= 0.3 is 0 Å². The molecule has 0 saturated heterocycles. The largest absolute Gasteiger partial charge is 0.467 e. The smallest absolute Gasteiger partial charge is 0.217 e. The number of furan rings is 1. The second kappa shape index (κ2) is 3.95. The second-order valence-electron chi connectivity index (χ2n) is 2.68. The van der Waals surface area contributed by atoms with Gasteiger partial charge in [-0.05, 0) is 18.6 Å². The first-order chi connectivity index (χ1) is 5.74. The fraction of sp³-hybridized carbons (Fsp3) is 0.444. The van der Waals surface area contributed by atoms with Crippen molar-refractivity contribution in [2.24, 2.45) is 0 Å². The van der Waals surface area contributed by atoms with Gasteiger partial charge in [0.1, 0.15) is 5.76 Å². The lowest BCUT2D eigenvalue weighted by molar-refractivity contribution is -0.119. The van der Waals surface area contributed by atoms with E-state index >= 15 is 0 Å². The summed E-state index contributed by atoms with van der Waals surface area (Å²) in [6.45, 7) is 3.51. The molecule has 0 spiro atoms. The summed E-state index contributed by atoms with van der Waals surface area (Å²) < 4.78 is 5.17. The molecule has 1 amide bonds. The number of carbonyl (C=O) groups excluding carboxylic acids is 1. The molecule has 0 aliphatic rings. The van der Waals surface area contributed by atoms with Gasteiger partial charge in [0.05, 0.1) is 12.3 Å². The maximum absolute atomic E-state index is 10.8. The SMILES string of the molecule is CC[C@H](NC(C)=O)c1ccco1. The van der Waals surface area contributed by atoms with E-state index in [1.165, 1.54) is 6.92 Å². The van der Waals surface area contributed by atoms with E-state index in [0.717, 1.165) is 12.2 Å². The van der Waals surface area contributed by atoms with E-state index in [0.29, 0.717) is 0 Å². The molecule has 0 fully saturated rings. The van der Waals surface area contributed by atoms with E-state index in [9.17, 15) is 4.79 Å². The van der Waals surface area contributed by atoms with Crippen molar-refractivity contribution >= 4 is 5.91 Å². The van der Waals surface area contributed by atoms with Crippen molar-refractivity contribution in [1.82, 2.24) is 5.32 Å². The summed E-state index contributed by atoms with van der Waals surface area (Å²) in [5.74, 6) is 0.783. The molecule has 0 aliphatic carbocycles. The van der Waals surface area contributed by atoms with Crippen LogP contribution in [0.3, 0.4) is 0 Å². The zero-order valence-electron chi connectivity index (χ0n) is 7.33. The Kier molecular flexibility index (Phi) is 2.91. The Morgan fingerprint density at radius 2 is 2.50 bits per heavy atom. The average molecular weight is 167 g/mol. The summed E-state index contributed by atoms with van der Waals surface area (Å²) in [5.41, 5.74) is 0. The fourth-order valence-corrected chi connectivity index (χ4v) is 1.11. The molecule has 1 aromatic heterocycles. The van der Waals surface area contributed by atoms with Crippen LogP contribution in [0.25, 0.3) is 0 Å². The lowest BCUT2D eigenvalue weighted by Crippen LogP contribution is -2.24. The van der Waals surface area contributed by atoms with Crippen molar-refractivity contribution in [2.45, 2.75) is 26.3 Å². The van der Waals surface area contributed by atoms with Crippen molar-refractivity contribution in [2.75, 3.05) is 0 Å². The Balaban J connectivity index is 2.63. The molecule has 0 saturated carbocycles. The zero-order valence-corrected chi connectivity index (χ0v) is 7.33. The van der Waals surface area contributed by atoms with Gasteiger partial charge in [0, 0.05) is 6.92 Å². The highest BCUT2D eigenvalue weighted by molar-refractivity contribution is 5.73. The monoisotopic (exact) mass is 167 g/mol. The van der Waals surface area contributed by atoms with Crippen LogP contribution >= 0.6 is 0 Å². The Hall–Kier alpha value is -1.25. The molecular formula is C9H13NO2. The number of hydrogen-bond donors (Lipinski definition) is 1. The first kappa shape index (κ1) is 8.84. The molecule has 66 valence electrons. The summed E-state index contributed by atoms with van der Waals surface area (Å²) >= 11 is 0. The number of carbonyl (C=O) groups is 1. The number of hydrogen-bond acceptors (Lipinski definition) is 2. The summed E-state index contributed by atoms with van der Waals surface area (Å²) in [5, 5.41) is 2.80. The Bertz CT molecular complexity index is 241. The third-order valence-electron chi connectivity index (χ3n) is 1.67. The maximum atomic E-state index is 10.8. The van der Waals surface area contributed by atoms with Gasteiger partial charge in [-0.15, -0.1) is 0 Å². The van der Waals surface area contributed by atoms with Crippen LogP contribution in [0.4, 0.5) is 0 Å². The Morgan fingerprint density at radius 1 is 1.75 bits per heavy atom. The van der Waals surface area contributed by atoms with E-state index in [4.69, 9.17) is 4.42 Å². The van der Waals surface area contributed by atoms with Gasteiger partial charge in [-0.25, -0.2) is 0 Å². The van der Waals surface area contributed by atoms with Gasteiger partial charge in [0.2, 0.25) is 5.91 Å². The minimum absolute atomic E-state index is 0.0116. The van der Waals surface area contributed by atoms with Crippen LogP contribution in [0, 0.1) is 0 Å². The highest BCUT2D eigenvalue weighted by Crippen LogP contribution is 2.16. The summed E-state index contributed by atoms with van der Waals surface area (Å²) in [4.78, 5) is 10.8. The quantitative estimate of drug-likeness (QED) is 0.746. The van der Waals surface area contributed by atoms with Gasteiger partial charge in [-0.2, -0.15) is 0 Å². The van der Waals surface area contributed by atoms with Gasteiger partial charge < -0.3 is 9.73 Å². The van der Waals surface area contributed by atoms with E-state index in [1.54, 1.807) is 6.26 Å². The molecule has 0 bridgehead atoms. The molecule has 0 radical (unpaired) electrons. The number of rotatable bonds is 3. The zero-order chi connectivity index (χ0) is 8.97. The maximum Gasteiger partial charge on any atom is 0.217 e. The molecule has 1 N–H and O–H groups in total. The summed E-state index contributed by atoms with van der Waals surface area (Å²) in [6, 6.07) is 3.70. The second-order valence-corrected chi connectivity index (χ2v) is 2.68. The Labute approximate surface area is 71.8 Å². The molecule has 1 heterocycles. The molecule has 1 rings (SSSR count). The number of amides is 1. The van der Waals surface area contributed by atoms with Crippen LogP contribution in [0.5, 0.6) is 0 Å². The van der Waals surface area contributed by atoms with Crippen molar-refractivity contribution in [3.63, 3.8) is 0 Å². The van der Waals surface area contributed by atoms with Crippen LogP contribution in [-0.2, 0) is 4.79 Å². The summed E-state index contributed by atoms with van der Waals surface area (Å²) in [7, 11) is 0. The van der Waals surface area contributed by atoms with Gasteiger partial charge in [0.25, 0.3) is 0 Å². The van der Waals surface area contributed by atoms with Crippen LogP contribution < -0.4 is 5.32 Å². The molecule has 0 aliphatic heterocycles. The summed E-state index contributed by atoms with van der Waals surface area (Å²) in [6.07, 6.45) is 2.45. The van der Waals surface area contributed by atoms with Gasteiger partial charge in [-0.3, -0.25) is 4.79 Å². The molecule has 3 nitrogen and oxygen atoms in total. The van der Waals surface area contributed by atoms with Crippen molar-refractivity contribution in [3.05, 3.63) is 24.2 Å². The molecule has 3 heteroatoms. The standard InChI is InChI=1S/C9H13NO2/c1-3-8(10-7(2)11)9-5-4-6-12-9/h4-6,8H,3H2,1-2H3,(H,10,11)/t8-/m0/s1. The normalized spacial score (nSPS) is 12.5. The van der Waals surface area contributed by atoms with E-state index in [1.807, 2.05) is 19.1 Å². The van der Waals surface area contributed by atoms with Crippen LogP contribution in [-0.4, -0.2) is 5.91 Å². The molecule has 12 heavy (non-hydrogen) atoms. The minimum atomic E-state index is -0.0294. The molecule has 0 unspecified atom stereocenters. The van der Waals surface area contributed by atoms with E-state index < -0.39 is 0 Å². The first-order valence-corrected chi connectivity index (χ1v) is 4.04.